The maximum Gasteiger partial charge on any atom is 0.123 e. The third-order valence-electron chi connectivity index (χ3n) is 2.92. The Kier molecular flexibility index (Phi) is 4.04. The zero-order valence-corrected chi connectivity index (χ0v) is 12.1. The van der Waals surface area contributed by atoms with Crippen molar-refractivity contribution in [1.29, 1.82) is 0 Å². The van der Waals surface area contributed by atoms with E-state index in [1.165, 1.54) is 0 Å². The molecule has 1 heterocycles. The molecule has 0 saturated carbocycles. The molecular weight excluding hydrogens is 294 g/mol. The molecule has 4 nitrogen and oxygen atoms in total. The van der Waals surface area contributed by atoms with Gasteiger partial charge in [0.1, 0.15) is 11.6 Å². The number of hydrogen-bond donors (Lipinski definition) is 1. The van der Waals surface area contributed by atoms with Gasteiger partial charge in [-0.05, 0) is 25.1 Å². The first-order valence-corrected chi connectivity index (χ1v) is 6.48. The summed E-state index contributed by atoms with van der Waals surface area (Å²) in [5, 5.41) is 0. The summed E-state index contributed by atoms with van der Waals surface area (Å²) in [6.45, 7) is 3.17. The van der Waals surface area contributed by atoms with E-state index < -0.39 is 0 Å². The first-order chi connectivity index (χ1) is 8.65. The van der Waals surface area contributed by atoms with Crippen molar-refractivity contribution in [2.75, 3.05) is 7.11 Å². The number of hydrogen-bond acceptors (Lipinski definition) is 3. The number of rotatable bonds is 4. The Morgan fingerprint density at radius 3 is 2.89 bits per heavy atom. The van der Waals surface area contributed by atoms with E-state index in [4.69, 9.17) is 10.5 Å². The van der Waals surface area contributed by atoms with Gasteiger partial charge in [0.25, 0.3) is 0 Å². The van der Waals surface area contributed by atoms with Gasteiger partial charge in [-0.3, -0.25) is 0 Å². The highest BCUT2D eigenvalue weighted by molar-refractivity contribution is 9.10. The molecule has 0 radical (unpaired) electrons. The van der Waals surface area contributed by atoms with Crippen LogP contribution < -0.4 is 10.5 Å². The van der Waals surface area contributed by atoms with Gasteiger partial charge in [-0.25, -0.2) is 4.98 Å². The molecule has 96 valence electrons. The lowest BCUT2D eigenvalue weighted by atomic mass is 10.2. The summed E-state index contributed by atoms with van der Waals surface area (Å²) in [5.74, 6) is 1.83. The molecule has 0 spiro atoms. The van der Waals surface area contributed by atoms with E-state index in [0.29, 0.717) is 13.1 Å². The molecule has 2 rings (SSSR count). The first kappa shape index (κ1) is 13.1. The standard InChI is InChI=1S/C13H16BrN3O/c1-9-16-7-12(6-15)17(9)8-10-5-11(14)3-4-13(10)18-2/h3-5,7H,6,8,15H2,1-2H3. The molecule has 18 heavy (non-hydrogen) atoms. The Balaban J connectivity index is 2.38. The highest BCUT2D eigenvalue weighted by atomic mass is 79.9. The summed E-state index contributed by atoms with van der Waals surface area (Å²) in [4.78, 5) is 4.29. The van der Waals surface area contributed by atoms with Crippen molar-refractivity contribution < 1.29 is 4.74 Å². The smallest absolute Gasteiger partial charge is 0.123 e. The van der Waals surface area contributed by atoms with Crippen LogP contribution in [0.4, 0.5) is 0 Å². The largest absolute Gasteiger partial charge is 0.496 e. The molecule has 0 aliphatic rings. The third kappa shape index (κ3) is 2.57. The van der Waals surface area contributed by atoms with Crippen molar-refractivity contribution in [3.63, 3.8) is 0 Å². The van der Waals surface area contributed by atoms with E-state index >= 15 is 0 Å². The van der Waals surface area contributed by atoms with Gasteiger partial charge in [0.2, 0.25) is 0 Å². The topological polar surface area (TPSA) is 53.1 Å². The average molecular weight is 310 g/mol. The third-order valence-corrected chi connectivity index (χ3v) is 3.41. The summed E-state index contributed by atoms with van der Waals surface area (Å²) >= 11 is 3.48. The van der Waals surface area contributed by atoms with E-state index in [1.807, 2.05) is 25.3 Å². The minimum Gasteiger partial charge on any atom is -0.496 e. The maximum absolute atomic E-state index is 5.72. The lowest BCUT2D eigenvalue weighted by Crippen LogP contribution is -2.10. The van der Waals surface area contributed by atoms with Gasteiger partial charge in [-0.2, -0.15) is 0 Å². The van der Waals surface area contributed by atoms with Crippen molar-refractivity contribution in [1.82, 2.24) is 9.55 Å². The molecule has 0 unspecified atom stereocenters. The zero-order valence-electron chi connectivity index (χ0n) is 10.5. The number of nitrogens with zero attached hydrogens (tertiary/aromatic N) is 2. The number of halogens is 1. The van der Waals surface area contributed by atoms with Crippen LogP contribution in [0.2, 0.25) is 0 Å². The van der Waals surface area contributed by atoms with E-state index in [9.17, 15) is 0 Å². The lowest BCUT2D eigenvalue weighted by Gasteiger charge is -2.13. The second-order valence-electron chi connectivity index (χ2n) is 4.04. The Bertz CT molecular complexity index is 551. The van der Waals surface area contributed by atoms with Gasteiger partial charge in [0.15, 0.2) is 0 Å². The van der Waals surface area contributed by atoms with Crippen LogP contribution in [0.1, 0.15) is 17.1 Å². The van der Waals surface area contributed by atoms with Crippen molar-refractivity contribution in [2.45, 2.75) is 20.0 Å². The molecule has 5 heteroatoms. The normalized spacial score (nSPS) is 10.7. The number of aryl methyl sites for hydroxylation is 1. The molecule has 0 amide bonds. The molecule has 0 aliphatic carbocycles. The molecular formula is C13H16BrN3O. The molecule has 2 N–H and O–H groups in total. The van der Waals surface area contributed by atoms with E-state index in [0.717, 1.165) is 27.3 Å². The van der Waals surface area contributed by atoms with Gasteiger partial charge in [0.05, 0.1) is 19.3 Å². The summed E-state index contributed by atoms with van der Waals surface area (Å²) in [6.07, 6.45) is 1.82. The zero-order chi connectivity index (χ0) is 13.1. The molecule has 1 aromatic heterocycles. The molecule has 0 atom stereocenters. The highest BCUT2D eigenvalue weighted by Gasteiger charge is 2.09. The van der Waals surface area contributed by atoms with Crippen molar-refractivity contribution in [3.8, 4) is 5.75 Å². The van der Waals surface area contributed by atoms with Crippen LogP contribution in [-0.2, 0) is 13.1 Å². The van der Waals surface area contributed by atoms with E-state index in [2.05, 4.69) is 31.5 Å². The van der Waals surface area contributed by atoms with Crippen molar-refractivity contribution >= 4 is 15.9 Å². The second kappa shape index (κ2) is 5.54. The number of methoxy groups -OCH3 is 1. The lowest BCUT2D eigenvalue weighted by molar-refractivity contribution is 0.408. The maximum atomic E-state index is 5.72. The predicted molar refractivity (Wildman–Crippen MR) is 74.7 cm³/mol. The summed E-state index contributed by atoms with van der Waals surface area (Å²) in [7, 11) is 1.68. The van der Waals surface area contributed by atoms with Crippen molar-refractivity contribution in [3.05, 3.63) is 46.0 Å². The van der Waals surface area contributed by atoms with E-state index in [-0.39, 0.29) is 0 Å². The summed E-state index contributed by atoms with van der Waals surface area (Å²) < 4.78 is 8.51. The predicted octanol–water partition coefficient (Wildman–Crippen LogP) is 2.47. The number of nitrogens with two attached hydrogens (primary N) is 1. The number of imidazole rings is 1. The van der Waals surface area contributed by atoms with Crippen LogP contribution >= 0.6 is 15.9 Å². The van der Waals surface area contributed by atoms with Crippen LogP contribution in [0.5, 0.6) is 5.75 Å². The van der Waals surface area contributed by atoms with Crippen LogP contribution in [0, 0.1) is 6.92 Å². The highest BCUT2D eigenvalue weighted by Crippen LogP contribution is 2.24. The number of aromatic nitrogens is 2. The fourth-order valence-electron chi connectivity index (χ4n) is 1.94. The second-order valence-corrected chi connectivity index (χ2v) is 4.96. The SMILES string of the molecule is COc1ccc(Br)cc1Cn1c(CN)cnc1C. The van der Waals surface area contributed by atoms with E-state index in [1.54, 1.807) is 7.11 Å². The van der Waals surface area contributed by atoms with Gasteiger partial charge in [-0.1, -0.05) is 15.9 Å². The fourth-order valence-corrected chi connectivity index (χ4v) is 2.34. The van der Waals surface area contributed by atoms with Crippen LogP contribution in [-0.4, -0.2) is 16.7 Å². The van der Waals surface area contributed by atoms with Crippen LogP contribution in [0.25, 0.3) is 0 Å². The van der Waals surface area contributed by atoms with Gasteiger partial charge < -0.3 is 15.0 Å². The minimum absolute atomic E-state index is 0.483. The Morgan fingerprint density at radius 1 is 1.44 bits per heavy atom. The van der Waals surface area contributed by atoms with Gasteiger partial charge in [-0.15, -0.1) is 0 Å². The Morgan fingerprint density at radius 2 is 2.22 bits per heavy atom. The molecule has 2 aromatic rings. The summed E-state index contributed by atoms with van der Waals surface area (Å²) in [6, 6.07) is 5.97. The molecule has 0 saturated heterocycles. The Hall–Kier alpha value is -1.33. The van der Waals surface area contributed by atoms with Crippen molar-refractivity contribution in [2.24, 2.45) is 5.73 Å². The Labute approximate surface area is 115 Å². The van der Waals surface area contributed by atoms with Gasteiger partial charge >= 0.3 is 0 Å². The van der Waals surface area contributed by atoms with Crippen LogP contribution in [0.3, 0.4) is 0 Å². The number of benzene rings is 1. The molecule has 1 aromatic carbocycles. The monoisotopic (exact) mass is 309 g/mol. The average Bonchev–Trinajstić information content (AvgIpc) is 2.71. The number of ether oxygens (including phenoxy) is 1. The molecule has 0 aliphatic heterocycles. The fraction of sp³-hybridized carbons (Fsp3) is 0.308. The first-order valence-electron chi connectivity index (χ1n) is 5.69. The van der Waals surface area contributed by atoms with Gasteiger partial charge in [0, 0.05) is 22.8 Å². The molecule has 0 bridgehead atoms. The summed E-state index contributed by atoms with van der Waals surface area (Å²) in [5.41, 5.74) is 7.84. The minimum atomic E-state index is 0.483. The quantitative estimate of drug-likeness (QED) is 0.944. The molecule has 0 fully saturated rings. The van der Waals surface area contributed by atoms with Crippen LogP contribution in [0.15, 0.2) is 28.9 Å².